The molecule has 0 radical (unpaired) electrons. The summed E-state index contributed by atoms with van der Waals surface area (Å²) in [6.45, 7) is -0.819. The van der Waals surface area contributed by atoms with Gasteiger partial charge >= 0.3 is 5.97 Å². The number of carbonyl (C=O) groups excluding carboxylic acids is 2. The molecule has 0 aliphatic heterocycles. The lowest BCUT2D eigenvalue weighted by Gasteiger charge is -2.02. The fourth-order valence-corrected chi connectivity index (χ4v) is 0.550. The second-order valence-electron chi connectivity index (χ2n) is 2.28. The smallest absolute Gasteiger partial charge is 0.322 e. The van der Waals surface area contributed by atoms with Crippen LogP contribution in [-0.4, -0.2) is 36.0 Å². The molecule has 76 valence electrons. The number of amides is 2. The van der Waals surface area contributed by atoms with Gasteiger partial charge in [-0.25, -0.2) is 0 Å². The van der Waals surface area contributed by atoms with Crippen LogP contribution in [0.3, 0.4) is 0 Å². The Morgan fingerprint density at radius 2 is 1.71 bits per heavy atom. The van der Waals surface area contributed by atoms with Crippen LogP contribution in [0.5, 0.6) is 0 Å². The van der Waals surface area contributed by atoms with Crippen LogP contribution in [-0.2, 0) is 14.4 Å². The summed E-state index contributed by atoms with van der Waals surface area (Å²) in [5.41, 5.74) is 0. The topological polar surface area (TPSA) is 119 Å². The number of carboxylic acids is 1. The van der Waals surface area contributed by atoms with Crippen molar-refractivity contribution in [1.82, 2.24) is 10.6 Å². The number of hydrogen-bond donors (Lipinski definition) is 3. The van der Waals surface area contributed by atoms with E-state index in [4.69, 9.17) is 10.4 Å². The number of aliphatic carboxylic acids is 1. The number of carboxylic acid groups (broad SMARTS) is 1. The van der Waals surface area contributed by atoms with E-state index in [0.717, 1.165) is 0 Å². The Kier molecular flexibility index (Phi) is 5.46. The minimum atomic E-state index is -1.17. The molecule has 2 amide bonds. The highest BCUT2D eigenvalue weighted by Gasteiger charge is 2.05. The van der Waals surface area contributed by atoms with Crippen molar-refractivity contribution in [3.05, 3.63) is 0 Å². The molecule has 0 heterocycles. The number of hydrogen-bond acceptors (Lipinski definition) is 4. The molecule has 0 saturated carbocycles. The van der Waals surface area contributed by atoms with Gasteiger partial charge in [0.1, 0.15) is 13.0 Å². The maximum atomic E-state index is 10.8. The van der Waals surface area contributed by atoms with E-state index < -0.39 is 24.3 Å². The SMILES string of the molecule is N#CCC(=O)NCC(=O)NCC(=O)O. The third kappa shape index (κ3) is 6.60. The van der Waals surface area contributed by atoms with Crippen LogP contribution in [0, 0.1) is 11.3 Å². The largest absolute Gasteiger partial charge is 0.480 e. The Labute approximate surface area is 79.7 Å². The molecular formula is C7H9N3O4. The molecule has 7 nitrogen and oxygen atoms in total. The fraction of sp³-hybridized carbons (Fsp3) is 0.429. The van der Waals surface area contributed by atoms with Crippen LogP contribution >= 0.6 is 0 Å². The number of nitrogens with zero attached hydrogens (tertiary/aromatic N) is 1. The number of nitriles is 1. The molecule has 0 spiro atoms. The van der Waals surface area contributed by atoms with Crippen molar-refractivity contribution in [3.63, 3.8) is 0 Å². The molecule has 0 aliphatic rings. The summed E-state index contributed by atoms with van der Waals surface area (Å²) in [7, 11) is 0. The van der Waals surface area contributed by atoms with E-state index in [9.17, 15) is 14.4 Å². The highest BCUT2D eigenvalue weighted by molar-refractivity contribution is 5.87. The molecule has 0 unspecified atom stereocenters. The van der Waals surface area contributed by atoms with Crippen LogP contribution in [0.2, 0.25) is 0 Å². The van der Waals surface area contributed by atoms with Crippen molar-refractivity contribution in [2.45, 2.75) is 6.42 Å². The van der Waals surface area contributed by atoms with E-state index >= 15 is 0 Å². The summed E-state index contributed by atoms with van der Waals surface area (Å²) >= 11 is 0. The van der Waals surface area contributed by atoms with Gasteiger partial charge in [0.05, 0.1) is 12.6 Å². The lowest BCUT2D eigenvalue weighted by molar-refractivity contribution is -0.137. The van der Waals surface area contributed by atoms with Crippen molar-refractivity contribution in [1.29, 1.82) is 5.26 Å². The van der Waals surface area contributed by atoms with Crippen LogP contribution in [0.4, 0.5) is 0 Å². The Bertz CT molecular complexity index is 281. The molecule has 0 saturated heterocycles. The lowest BCUT2D eigenvalue weighted by atomic mass is 10.4. The molecule has 0 aliphatic carbocycles. The molecule has 0 aromatic heterocycles. The predicted molar refractivity (Wildman–Crippen MR) is 43.9 cm³/mol. The van der Waals surface area contributed by atoms with Gasteiger partial charge in [-0.15, -0.1) is 0 Å². The van der Waals surface area contributed by atoms with Crippen LogP contribution < -0.4 is 10.6 Å². The van der Waals surface area contributed by atoms with Gasteiger partial charge in [-0.05, 0) is 0 Å². The van der Waals surface area contributed by atoms with Gasteiger partial charge in [-0.2, -0.15) is 5.26 Å². The van der Waals surface area contributed by atoms with E-state index in [1.165, 1.54) is 0 Å². The summed E-state index contributed by atoms with van der Waals surface area (Å²) in [4.78, 5) is 31.4. The number of rotatable bonds is 5. The molecule has 14 heavy (non-hydrogen) atoms. The van der Waals surface area contributed by atoms with E-state index in [1.807, 2.05) is 5.32 Å². The quantitative estimate of drug-likeness (QED) is 0.483. The van der Waals surface area contributed by atoms with Crippen LogP contribution in [0.1, 0.15) is 6.42 Å². The summed E-state index contributed by atoms with van der Waals surface area (Å²) in [5, 5.41) is 20.5. The monoisotopic (exact) mass is 199 g/mol. The third-order valence-electron chi connectivity index (χ3n) is 1.12. The standard InChI is InChI=1S/C7H9N3O4/c8-2-1-5(11)9-3-6(12)10-4-7(13)14/h1,3-4H2,(H,9,11)(H,10,12)(H,13,14). The average Bonchev–Trinajstić information content (AvgIpc) is 2.12. The zero-order valence-corrected chi connectivity index (χ0v) is 7.24. The van der Waals surface area contributed by atoms with Gasteiger partial charge in [0.15, 0.2) is 0 Å². The van der Waals surface area contributed by atoms with Crippen molar-refractivity contribution < 1.29 is 19.5 Å². The van der Waals surface area contributed by atoms with Crippen LogP contribution in [0.15, 0.2) is 0 Å². The predicted octanol–water partition coefficient (Wildman–Crippen LogP) is -1.78. The Morgan fingerprint density at radius 1 is 1.14 bits per heavy atom. The minimum Gasteiger partial charge on any atom is -0.480 e. The number of carbonyl (C=O) groups is 3. The van der Waals surface area contributed by atoms with Gasteiger partial charge in [0, 0.05) is 0 Å². The number of nitrogens with one attached hydrogen (secondary N) is 2. The molecule has 3 N–H and O–H groups in total. The maximum absolute atomic E-state index is 10.8. The molecule has 0 bridgehead atoms. The van der Waals surface area contributed by atoms with Gasteiger partial charge in [0.2, 0.25) is 11.8 Å². The molecule has 0 rings (SSSR count). The normalized spacial score (nSPS) is 8.50. The third-order valence-corrected chi connectivity index (χ3v) is 1.12. The van der Waals surface area contributed by atoms with E-state index in [-0.39, 0.29) is 13.0 Å². The fourth-order valence-electron chi connectivity index (χ4n) is 0.550. The maximum Gasteiger partial charge on any atom is 0.322 e. The Balaban J connectivity index is 3.59. The summed E-state index contributed by atoms with van der Waals surface area (Å²) in [6.07, 6.45) is -0.327. The summed E-state index contributed by atoms with van der Waals surface area (Å²) in [6, 6.07) is 1.60. The first-order chi connectivity index (χ1) is 6.56. The molecule has 0 aromatic carbocycles. The first-order valence-electron chi connectivity index (χ1n) is 3.68. The van der Waals surface area contributed by atoms with Crippen molar-refractivity contribution in [2.24, 2.45) is 0 Å². The second kappa shape index (κ2) is 6.42. The van der Waals surface area contributed by atoms with E-state index in [2.05, 4.69) is 5.32 Å². The average molecular weight is 199 g/mol. The van der Waals surface area contributed by atoms with Gasteiger partial charge in [0.25, 0.3) is 0 Å². The lowest BCUT2D eigenvalue weighted by Crippen LogP contribution is -2.38. The van der Waals surface area contributed by atoms with E-state index in [0.29, 0.717) is 0 Å². The van der Waals surface area contributed by atoms with Crippen LogP contribution in [0.25, 0.3) is 0 Å². The highest BCUT2D eigenvalue weighted by Crippen LogP contribution is 1.74. The molecular weight excluding hydrogens is 190 g/mol. The molecule has 0 aromatic rings. The van der Waals surface area contributed by atoms with Gasteiger partial charge < -0.3 is 15.7 Å². The molecule has 0 atom stereocenters. The van der Waals surface area contributed by atoms with Gasteiger partial charge in [-0.3, -0.25) is 14.4 Å². The van der Waals surface area contributed by atoms with Crippen molar-refractivity contribution in [3.8, 4) is 6.07 Å². The Morgan fingerprint density at radius 3 is 2.21 bits per heavy atom. The molecule has 7 heteroatoms. The van der Waals surface area contributed by atoms with E-state index in [1.54, 1.807) is 6.07 Å². The summed E-state index contributed by atoms with van der Waals surface area (Å²) < 4.78 is 0. The molecule has 0 fully saturated rings. The van der Waals surface area contributed by atoms with Crippen molar-refractivity contribution >= 4 is 17.8 Å². The summed E-state index contributed by atoms with van der Waals surface area (Å²) in [5.74, 6) is -2.35. The first-order valence-corrected chi connectivity index (χ1v) is 3.68. The minimum absolute atomic E-state index is 0.326. The highest BCUT2D eigenvalue weighted by atomic mass is 16.4. The first kappa shape index (κ1) is 11.9. The Hall–Kier alpha value is -2.10. The zero-order valence-electron chi connectivity index (χ0n) is 7.24. The van der Waals surface area contributed by atoms with Gasteiger partial charge in [-0.1, -0.05) is 0 Å². The second-order valence-corrected chi connectivity index (χ2v) is 2.28. The van der Waals surface area contributed by atoms with Crippen molar-refractivity contribution in [2.75, 3.05) is 13.1 Å². The zero-order chi connectivity index (χ0) is 11.0.